The van der Waals surface area contributed by atoms with Crippen LogP contribution < -0.4 is 0 Å². The molecule has 4 aromatic rings. The molecule has 6 fully saturated rings. The Bertz CT molecular complexity index is 2310. The monoisotopic (exact) mass is 1240 g/mol. The van der Waals surface area contributed by atoms with Crippen LogP contribution in [0.3, 0.4) is 0 Å². The Morgan fingerprint density at radius 3 is 0.750 bits per heavy atom. The molecule has 0 amide bonds. The molecule has 6 saturated heterocycles. The molecule has 72 heavy (non-hydrogen) atoms. The largest absolute Gasteiger partial charge is 0.452 e. The molecule has 0 spiro atoms. The fourth-order valence-electron chi connectivity index (χ4n) is 6.06. The van der Waals surface area contributed by atoms with Gasteiger partial charge in [0.15, 0.2) is 8.68 Å². The SMILES string of the molecule is O=C1OC(CSc2ccc(SCC3CSC(=O)O3)cc2)CS1.O=C1OC(CSc2ccc(Sc3ccc(SCC4CSC(=O)O4)cc3)cc2)CS1.O=C1OC(CSc2nnc(SCC3CSC(=O)O3)s2)CS1. The number of nitrogens with zero attached hydrogens (tertiary/aromatic N) is 2. The van der Waals surface area contributed by atoms with Gasteiger partial charge in [0.25, 0.3) is 0 Å². The molecule has 10 rings (SSSR count). The highest BCUT2D eigenvalue weighted by molar-refractivity contribution is 8.15. The Hall–Kier alpha value is -1.41. The fraction of sp³-hybridized carbons (Fsp3) is 0.409. The van der Waals surface area contributed by atoms with Crippen molar-refractivity contribution in [2.24, 2.45) is 0 Å². The third kappa shape index (κ3) is 19.9. The summed E-state index contributed by atoms with van der Waals surface area (Å²) in [6.07, 6.45) is -0.00751. The van der Waals surface area contributed by atoms with Gasteiger partial charge in [-0.25, -0.2) is 28.8 Å². The number of thioether (sulfide) groups is 12. The topological polar surface area (TPSA) is 184 Å². The van der Waals surface area contributed by atoms with Crippen LogP contribution in [0.1, 0.15) is 0 Å². The molecule has 0 bridgehead atoms. The Kier molecular flexibility index (Phi) is 23.6. The lowest BCUT2D eigenvalue weighted by molar-refractivity contribution is 0.154. The normalized spacial score (nSPS) is 23.3. The van der Waals surface area contributed by atoms with Gasteiger partial charge >= 0.3 is 31.8 Å². The van der Waals surface area contributed by atoms with Crippen LogP contribution in [0.2, 0.25) is 0 Å². The van der Waals surface area contributed by atoms with E-state index in [0.29, 0.717) is 23.0 Å². The number of cyclic esters (lactones) is 6. The van der Waals surface area contributed by atoms with E-state index in [4.69, 9.17) is 28.4 Å². The molecule has 0 radical (unpaired) electrons. The molecule has 7 heterocycles. The van der Waals surface area contributed by atoms with Crippen molar-refractivity contribution < 1.29 is 57.2 Å². The van der Waals surface area contributed by atoms with Crippen LogP contribution in [0.4, 0.5) is 28.8 Å². The van der Waals surface area contributed by atoms with Gasteiger partial charge in [0.1, 0.15) is 36.6 Å². The third-order valence-electron chi connectivity index (χ3n) is 9.52. The molecule has 6 aliphatic heterocycles. The van der Waals surface area contributed by atoms with Crippen LogP contribution in [0.25, 0.3) is 0 Å². The smallest absolute Gasteiger partial charge is 0.367 e. The lowest BCUT2D eigenvalue weighted by Gasteiger charge is -2.09. The van der Waals surface area contributed by atoms with E-state index < -0.39 is 0 Å². The molecule has 6 unspecified atom stereocenters. The standard InChI is InChI=1S/C20H18O4S5.C14H14O4S4.C10H10N2O4S5/c21-19-23-13(11-27-19)9-25-15-1-5-17(6-2-15)29-18-7-3-16(4-8-18)26-10-14-12-28-20(22)24-14;15-13-17-9(7-21-13)5-19-11-1-2-12(4-3-11)20-6-10-8-22-14(16)18-10;13-9-15-5(3-19-9)1-17-7-11-12-8(21-7)18-2-6-4-20-10(14)16-6/h1-8,13-14H,9-12H2;1-4,9-10H,5-8H2;5-6H,1-4H2. The summed E-state index contributed by atoms with van der Waals surface area (Å²) < 4.78 is 32.7. The molecule has 3 aromatic carbocycles. The van der Waals surface area contributed by atoms with E-state index in [2.05, 4.69) is 83.0 Å². The number of carbonyl (C=O) groups is 6. The molecule has 28 heteroatoms. The van der Waals surface area contributed by atoms with E-state index in [1.807, 2.05) is 0 Å². The minimum absolute atomic E-state index is 0.0161. The first-order valence-electron chi connectivity index (χ1n) is 21.6. The highest BCUT2D eigenvalue weighted by atomic mass is 32.2. The number of carbonyl (C=O) groups excluding carboxylic acids is 6. The summed E-state index contributed by atoms with van der Waals surface area (Å²) in [4.78, 5) is 73.3. The van der Waals surface area contributed by atoms with Crippen molar-refractivity contribution >= 4 is 196 Å². The van der Waals surface area contributed by atoms with Crippen molar-refractivity contribution in [3.63, 3.8) is 0 Å². The van der Waals surface area contributed by atoms with Gasteiger partial charge < -0.3 is 28.4 Å². The van der Waals surface area contributed by atoms with E-state index in [-0.39, 0.29) is 68.4 Å². The van der Waals surface area contributed by atoms with Crippen LogP contribution in [-0.4, -0.2) is 148 Å². The van der Waals surface area contributed by atoms with Crippen LogP contribution in [0.5, 0.6) is 0 Å². The summed E-state index contributed by atoms with van der Waals surface area (Å²) >= 11 is 20.6. The first-order chi connectivity index (χ1) is 35.0. The van der Waals surface area contributed by atoms with E-state index in [1.54, 1.807) is 82.3 Å². The second kappa shape index (κ2) is 29.9. The first-order valence-corrected chi connectivity index (χ1v) is 35.1. The van der Waals surface area contributed by atoms with Gasteiger partial charge in [0.2, 0.25) is 0 Å². The van der Waals surface area contributed by atoms with Gasteiger partial charge in [-0.05, 0) is 143 Å². The van der Waals surface area contributed by atoms with Gasteiger partial charge in [0, 0.05) is 98.4 Å². The zero-order chi connectivity index (χ0) is 50.1. The van der Waals surface area contributed by atoms with E-state index in [1.165, 1.54) is 111 Å². The molecular weight excluding hydrogens is 1200 g/mol. The maximum absolute atomic E-state index is 11.1. The molecular formula is C44H42N2O12S14. The second-order valence-electron chi connectivity index (χ2n) is 15.0. The zero-order valence-corrected chi connectivity index (χ0v) is 48.8. The van der Waals surface area contributed by atoms with Crippen LogP contribution in [0, 0.1) is 0 Å². The Morgan fingerprint density at radius 1 is 0.333 bits per heavy atom. The van der Waals surface area contributed by atoms with Gasteiger partial charge in [-0.2, -0.15) is 0 Å². The average Bonchev–Trinajstić information content (AvgIpc) is 4.27. The van der Waals surface area contributed by atoms with Crippen molar-refractivity contribution in [2.75, 3.05) is 69.0 Å². The molecule has 0 aliphatic carbocycles. The van der Waals surface area contributed by atoms with E-state index >= 15 is 0 Å². The summed E-state index contributed by atoms with van der Waals surface area (Å²) in [5.41, 5.74) is 0. The number of hydrogen-bond donors (Lipinski definition) is 0. The van der Waals surface area contributed by atoms with E-state index in [9.17, 15) is 28.8 Å². The summed E-state index contributed by atoms with van der Waals surface area (Å²) in [7, 11) is 0. The van der Waals surface area contributed by atoms with Crippen LogP contribution in [-0.2, 0) is 28.4 Å². The predicted octanol–water partition coefficient (Wildman–Crippen LogP) is 14.1. The number of benzene rings is 3. The second-order valence-corrected chi connectivity index (χ2v) is 29.8. The van der Waals surface area contributed by atoms with Crippen molar-refractivity contribution in [1.82, 2.24) is 10.2 Å². The van der Waals surface area contributed by atoms with E-state index in [0.717, 1.165) is 54.7 Å². The molecule has 6 aliphatic rings. The highest BCUT2D eigenvalue weighted by Crippen LogP contribution is 2.36. The first kappa shape index (κ1) is 56.8. The van der Waals surface area contributed by atoms with Gasteiger partial charge in [-0.1, -0.05) is 46.6 Å². The highest BCUT2D eigenvalue weighted by Gasteiger charge is 2.29. The summed E-state index contributed by atoms with van der Waals surface area (Å²) in [6, 6.07) is 25.2. The van der Waals surface area contributed by atoms with Gasteiger partial charge in [0.05, 0.1) is 0 Å². The summed E-state index contributed by atoms with van der Waals surface area (Å²) in [5.74, 6) is 8.98. The fourth-order valence-corrected chi connectivity index (χ4v) is 18.7. The maximum Gasteiger partial charge on any atom is 0.367 e. The molecule has 0 saturated carbocycles. The molecule has 6 atom stereocenters. The summed E-state index contributed by atoms with van der Waals surface area (Å²) in [5, 5.41) is 7.17. The van der Waals surface area contributed by atoms with Crippen molar-refractivity contribution in [2.45, 2.75) is 74.7 Å². The maximum atomic E-state index is 11.1. The Labute approximate surface area is 475 Å². The minimum Gasteiger partial charge on any atom is -0.452 e. The number of ether oxygens (including phenoxy) is 6. The molecule has 384 valence electrons. The van der Waals surface area contributed by atoms with Crippen molar-refractivity contribution in [1.29, 1.82) is 0 Å². The predicted molar refractivity (Wildman–Crippen MR) is 304 cm³/mol. The number of aromatic nitrogens is 2. The number of rotatable bonds is 20. The minimum atomic E-state index is -0.196. The Balaban J connectivity index is 0.000000147. The zero-order valence-electron chi connectivity index (χ0n) is 37.4. The molecule has 14 nitrogen and oxygen atoms in total. The van der Waals surface area contributed by atoms with Crippen molar-refractivity contribution in [3.05, 3.63) is 72.8 Å². The quantitative estimate of drug-likeness (QED) is 0.0462. The van der Waals surface area contributed by atoms with Crippen LogP contribution in [0.15, 0.2) is 111 Å². The van der Waals surface area contributed by atoms with Crippen molar-refractivity contribution in [3.8, 4) is 0 Å². The summed E-state index contributed by atoms with van der Waals surface area (Å²) in [6.45, 7) is 0. The Morgan fingerprint density at radius 2 is 0.542 bits per heavy atom. The van der Waals surface area contributed by atoms with Crippen LogP contribution >= 0.6 is 164 Å². The van der Waals surface area contributed by atoms with Gasteiger partial charge in [-0.15, -0.1) is 57.2 Å². The number of hydrogen-bond acceptors (Lipinski definition) is 28. The molecule has 0 N–H and O–H groups in total. The molecule has 1 aromatic heterocycles. The lowest BCUT2D eigenvalue weighted by Crippen LogP contribution is -2.12. The average molecular weight is 1240 g/mol. The lowest BCUT2D eigenvalue weighted by atomic mass is 10.4. The van der Waals surface area contributed by atoms with Gasteiger partial charge in [-0.3, -0.25) is 0 Å². The third-order valence-corrected chi connectivity index (χ3v) is 23.8.